The van der Waals surface area contributed by atoms with Crippen LogP contribution in [-0.2, 0) is 0 Å². The van der Waals surface area contributed by atoms with Crippen LogP contribution in [0.2, 0.25) is 0 Å². The van der Waals surface area contributed by atoms with Crippen LogP contribution >= 0.6 is 0 Å². The van der Waals surface area contributed by atoms with Crippen LogP contribution in [0.5, 0.6) is 0 Å². The molecule has 0 spiro atoms. The van der Waals surface area contributed by atoms with Crippen molar-refractivity contribution in [3.63, 3.8) is 0 Å². The summed E-state index contributed by atoms with van der Waals surface area (Å²) in [4.78, 5) is 0. The number of aliphatic hydroxyl groups excluding tert-OH is 1. The molecule has 0 heterocycles. The Hall–Kier alpha value is -0.120. The number of nitrogens with zero attached hydrogens (tertiary/aromatic N) is 1. The highest BCUT2D eigenvalue weighted by atomic mass is 16.5. The van der Waals surface area contributed by atoms with E-state index in [1.54, 1.807) is 0 Å². The van der Waals surface area contributed by atoms with Crippen molar-refractivity contribution in [1.29, 1.82) is 0 Å². The first-order valence-electron chi connectivity index (χ1n) is 11.4. The maximum Gasteiger partial charge on any atom is 0.102 e. The van der Waals surface area contributed by atoms with Crippen molar-refractivity contribution >= 4 is 0 Å². The summed E-state index contributed by atoms with van der Waals surface area (Å²) < 4.78 is -0.165. The van der Waals surface area contributed by atoms with E-state index in [1.807, 2.05) is 0 Å². The van der Waals surface area contributed by atoms with Crippen LogP contribution < -0.4 is 0 Å². The first-order chi connectivity index (χ1) is 12.2. The lowest BCUT2D eigenvalue weighted by Crippen LogP contribution is -2.45. The molecule has 0 aliphatic heterocycles. The lowest BCUT2D eigenvalue weighted by molar-refractivity contribution is -0.881. The molecule has 0 fully saturated rings. The molecule has 1 N–H and O–H groups in total. The fraction of sp³-hybridized carbons (Fsp3) is 1.00. The average Bonchev–Trinajstić information content (AvgIpc) is 2.60. The fourth-order valence-electron chi connectivity index (χ4n) is 3.59. The number of quaternary nitrogens is 1. The van der Waals surface area contributed by atoms with Gasteiger partial charge in [-0.25, -0.2) is 0 Å². The van der Waals surface area contributed by atoms with Gasteiger partial charge in [-0.1, -0.05) is 90.9 Å². The molecule has 0 aromatic heterocycles. The monoisotopic (exact) mass is 357 g/mol. The number of hydroxylamine groups is 3. The van der Waals surface area contributed by atoms with Gasteiger partial charge in [0, 0.05) is 0 Å². The normalized spacial score (nSPS) is 12.0. The highest BCUT2D eigenvalue weighted by Crippen LogP contribution is 2.15. The van der Waals surface area contributed by atoms with Gasteiger partial charge in [-0.2, -0.15) is 0 Å². The minimum atomic E-state index is -0.165. The molecule has 0 aromatic rings. The standard InChI is InChI=1S/C22H47NO2/c1-3-5-7-9-11-13-15-17-19-23(25,21-22-24)20-18-16-14-12-10-8-6-4-2/h24H,3-22H2,1-2H3. The van der Waals surface area contributed by atoms with E-state index in [9.17, 15) is 10.3 Å². The highest BCUT2D eigenvalue weighted by molar-refractivity contribution is 4.52. The van der Waals surface area contributed by atoms with Gasteiger partial charge >= 0.3 is 0 Å². The molecule has 0 aliphatic rings. The van der Waals surface area contributed by atoms with Gasteiger partial charge in [-0.15, -0.1) is 0 Å². The van der Waals surface area contributed by atoms with Crippen molar-refractivity contribution in [3.05, 3.63) is 5.21 Å². The Morgan fingerprint density at radius 1 is 0.520 bits per heavy atom. The van der Waals surface area contributed by atoms with Crippen LogP contribution in [0.25, 0.3) is 0 Å². The zero-order valence-electron chi connectivity index (χ0n) is 17.4. The lowest BCUT2D eigenvalue weighted by atomic mass is 10.1. The summed E-state index contributed by atoms with van der Waals surface area (Å²) in [5.74, 6) is 0. The molecule has 152 valence electrons. The maximum absolute atomic E-state index is 12.8. The summed E-state index contributed by atoms with van der Waals surface area (Å²) in [6, 6.07) is 0. The molecule has 0 radical (unpaired) electrons. The first kappa shape index (κ1) is 24.9. The topological polar surface area (TPSA) is 43.3 Å². The second-order valence-electron chi connectivity index (χ2n) is 7.90. The molecule has 0 saturated carbocycles. The van der Waals surface area contributed by atoms with E-state index in [4.69, 9.17) is 0 Å². The summed E-state index contributed by atoms with van der Waals surface area (Å²) in [5, 5.41) is 22.1. The van der Waals surface area contributed by atoms with Gasteiger partial charge in [0.05, 0.1) is 19.7 Å². The number of unbranched alkanes of at least 4 members (excludes halogenated alkanes) is 14. The molecular formula is C22H47NO2. The fourth-order valence-corrected chi connectivity index (χ4v) is 3.59. The summed E-state index contributed by atoms with van der Waals surface area (Å²) in [6.45, 7) is 6.31. The second-order valence-corrected chi connectivity index (χ2v) is 7.90. The average molecular weight is 358 g/mol. The van der Waals surface area contributed by atoms with Crippen molar-refractivity contribution in [2.75, 3.05) is 26.2 Å². The third-order valence-corrected chi connectivity index (χ3v) is 5.35. The van der Waals surface area contributed by atoms with Crippen molar-refractivity contribution in [1.82, 2.24) is 0 Å². The molecule has 0 unspecified atom stereocenters. The molecular weight excluding hydrogens is 310 g/mol. The van der Waals surface area contributed by atoms with E-state index in [-0.39, 0.29) is 11.3 Å². The highest BCUT2D eigenvalue weighted by Gasteiger charge is 2.15. The minimum Gasteiger partial charge on any atom is -0.633 e. The molecule has 3 nitrogen and oxygen atoms in total. The minimum absolute atomic E-state index is 0.0253. The lowest BCUT2D eigenvalue weighted by Gasteiger charge is -2.42. The molecule has 0 bridgehead atoms. The van der Waals surface area contributed by atoms with Crippen LogP contribution in [0.3, 0.4) is 0 Å². The van der Waals surface area contributed by atoms with E-state index in [2.05, 4.69) is 13.8 Å². The van der Waals surface area contributed by atoms with Crippen LogP contribution in [0, 0.1) is 5.21 Å². The second kappa shape index (κ2) is 18.7. The zero-order chi connectivity index (χ0) is 18.6. The van der Waals surface area contributed by atoms with Gasteiger partial charge in [0.2, 0.25) is 0 Å². The van der Waals surface area contributed by atoms with E-state index >= 15 is 0 Å². The number of aliphatic hydroxyl groups is 1. The van der Waals surface area contributed by atoms with Crippen LogP contribution in [0.15, 0.2) is 0 Å². The Bertz CT molecular complexity index is 238. The molecule has 0 aliphatic carbocycles. The third kappa shape index (κ3) is 17.1. The molecule has 0 amide bonds. The smallest absolute Gasteiger partial charge is 0.102 e. The van der Waals surface area contributed by atoms with Gasteiger partial charge in [0.1, 0.15) is 6.54 Å². The Balaban J connectivity index is 3.66. The first-order valence-corrected chi connectivity index (χ1v) is 11.4. The van der Waals surface area contributed by atoms with Gasteiger partial charge in [0.15, 0.2) is 0 Å². The number of hydrogen-bond acceptors (Lipinski definition) is 2. The Labute approximate surface area is 158 Å². The third-order valence-electron chi connectivity index (χ3n) is 5.35. The summed E-state index contributed by atoms with van der Waals surface area (Å²) in [6.07, 6.45) is 20.3. The zero-order valence-corrected chi connectivity index (χ0v) is 17.4. The van der Waals surface area contributed by atoms with E-state index in [0.29, 0.717) is 19.6 Å². The van der Waals surface area contributed by atoms with E-state index < -0.39 is 0 Å². The van der Waals surface area contributed by atoms with Gasteiger partial charge in [-0.05, 0) is 25.7 Å². The molecule has 3 heteroatoms. The molecule has 0 aromatic carbocycles. The largest absolute Gasteiger partial charge is 0.633 e. The van der Waals surface area contributed by atoms with Crippen LogP contribution in [0.1, 0.15) is 117 Å². The maximum atomic E-state index is 12.8. The molecule has 25 heavy (non-hydrogen) atoms. The predicted molar refractivity (Wildman–Crippen MR) is 111 cm³/mol. The van der Waals surface area contributed by atoms with E-state index in [0.717, 1.165) is 12.8 Å². The van der Waals surface area contributed by atoms with Crippen LogP contribution in [-0.4, -0.2) is 36.0 Å². The summed E-state index contributed by atoms with van der Waals surface area (Å²) in [5.41, 5.74) is 0. The summed E-state index contributed by atoms with van der Waals surface area (Å²) >= 11 is 0. The number of rotatable bonds is 20. The van der Waals surface area contributed by atoms with Crippen LogP contribution in [0.4, 0.5) is 0 Å². The summed E-state index contributed by atoms with van der Waals surface area (Å²) in [7, 11) is 0. The van der Waals surface area contributed by atoms with Crippen molar-refractivity contribution in [3.8, 4) is 0 Å². The molecule has 0 saturated heterocycles. The SMILES string of the molecule is CCCCCCCCCC[N+]([O-])(CCO)CCCCCCCCCC. The number of hydrogen-bond donors (Lipinski definition) is 1. The van der Waals surface area contributed by atoms with E-state index in [1.165, 1.54) is 89.9 Å². The van der Waals surface area contributed by atoms with Crippen molar-refractivity contribution in [2.24, 2.45) is 0 Å². The quantitative estimate of drug-likeness (QED) is 0.152. The van der Waals surface area contributed by atoms with Gasteiger partial charge < -0.3 is 15.0 Å². The molecule has 0 atom stereocenters. The van der Waals surface area contributed by atoms with Crippen molar-refractivity contribution < 1.29 is 9.75 Å². The van der Waals surface area contributed by atoms with Crippen molar-refractivity contribution in [2.45, 2.75) is 117 Å². The van der Waals surface area contributed by atoms with Gasteiger partial charge in [0.25, 0.3) is 0 Å². The van der Waals surface area contributed by atoms with Gasteiger partial charge in [-0.3, -0.25) is 0 Å². The molecule has 0 rings (SSSR count). The Morgan fingerprint density at radius 2 is 0.840 bits per heavy atom. The Morgan fingerprint density at radius 3 is 1.16 bits per heavy atom. The predicted octanol–water partition coefficient (Wildman–Crippen LogP) is 6.57. The Kier molecular flexibility index (Phi) is 18.6.